The van der Waals surface area contributed by atoms with Crippen molar-refractivity contribution < 1.29 is 27.9 Å². The van der Waals surface area contributed by atoms with Crippen molar-refractivity contribution >= 4 is 22.1 Å². The molecule has 1 aliphatic carbocycles. The van der Waals surface area contributed by atoms with Gasteiger partial charge in [-0.2, -0.15) is 4.31 Å². The monoisotopic (exact) mass is 516 g/mol. The summed E-state index contributed by atoms with van der Waals surface area (Å²) in [5.74, 6) is -1.77. The maximum absolute atomic E-state index is 12.9. The lowest BCUT2D eigenvalue weighted by molar-refractivity contribution is -0.137. The number of rotatable bonds is 12. The van der Waals surface area contributed by atoms with E-state index in [1.54, 1.807) is 13.8 Å². The van der Waals surface area contributed by atoms with Crippen LogP contribution >= 0.6 is 0 Å². The number of carboxylic acid groups (broad SMARTS) is 1. The van der Waals surface area contributed by atoms with Crippen molar-refractivity contribution in [1.82, 2.24) is 9.62 Å². The maximum atomic E-state index is 12.9. The number of ether oxygens (including phenoxy) is 1. The largest absolute Gasteiger partial charge is 0.480 e. The van der Waals surface area contributed by atoms with Gasteiger partial charge in [0, 0.05) is 18.5 Å². The van der Waals surface area contributed by atoms with Crippen molar-refractivity contribution in [3.63, 3.8) is 0 Å². The third-order valence-electron chi connectivity index (χ3n) is 6.63. The van der Waals surface area contributed by atoms with Crippen LogP contribution in [0.5, 0.6) is 0 Å². The van der Waals surface area contributed by atoms with E-state index in [4.69, 9.17) is 4.74 Å². The first-order valence-corrected chi connectivity index (χ1v) is 14.0. The number of amides is 1. The highest BCUT2D eigenvalue weighted by atomic mass is 32.2. The molecule has 2 atom stereocenters. The Balaban J connectivity index is 1.73. The minimum Gasteiger partial charge on any atom is -0.480 e. The highest BCUT2D eigenvalue weighted by Gasteiger charge is 2.32. The van der Waals surface area contributed by atoms with Crippen LogP contribution in [0.1, 0.15) is 51.2 Å². The van der Waals surface area contributed by atoms with E-state index in [1.807, 2.05) is 50.2 Å². The third-order valence-corrected chi connectivity index (χ3v) is 8.78. The summed E-state index contributed by atoms with van der Waals surface area (Å²) in [4.78, 5) is 24.3. The van der Waals surface area contributed by atoms with Gasteiger partial charge in [0.1, 0.15) is 13.2 Å². The molecule has 0 radical (unpaired) electrons. The average molecular weight is 517 g/mol. The molecule has 2 unspecified atom stereocenters. The second-order valence-electron chi connectivity index (χ2n) is 9.82. The molecule has 0 fully saturated rings. The quantitative estimate of drug-likeness (QED) is 0.435. The molecule has 0 aromatic heterocycles. The van der Waals surface area contributed by atoms with E-state index in [-0.39, 0.29) is 36.7 Å². The highest BCUT2D eigenvalue weighted by Crippen LogP contribution is 2.44. The molecule has 196 valence electrons. The Hall–Kier alpha value is -2.91. The molecule has 0 saturated heterocycles. The van der Waals surface area contributed by atoms with E-state index in [0.717, 1.165) is 26.6 Å². The fourth-order valence-electron chi connectivity index (χ4n) is 4.62. The van der Waals surface area contributed by atoms with Crippen molar-refractivity contribution in [3.05, 3.63) is 59.7 Å². The zero-order valence-corrected chi connectivity index (χ0v) is 22.1. The van der Waals surface area contributed by atoms with Crippen LogP contribution in [0.3, 0.4) is 0 Å². The average Bonchev–Trinajstić information content (AvgIpc) is 3.14. The standard InChI is InChI=1S/C27H36N2O6S/c1-5-19(4)25(14-29(15-26(30)31)36(33,34)17-18(2)3)28-27(32)35-16-24-22-12-8-6-10-20(22)21-11-7-9-13-23(21)24/h6-13,18-19,24-25H,5,14-17H2,1-4H3,(H,28,32)(H,30,31). The summed E-state index contributed by atoms with van der Waals surface area (Å²) in [7, 11) is -3.82. The van der Waals surface area contributed by atoms with Crippen LogP contribution in [0.2, 0.25) is 0 Å². The van der Waals surface area contributed by atoms with E-state index in [2.05, 4.69) is 17.4 Å². The Kier molecular flexibility index (Phi) is 9.13. The number of hydrogen-bond acceptors (Lipinski definition) is 5. The number of fused-ring (bicyclic) bond motifs is 3. The Bertz CT molecular complexity index is 1130. The van der Waals surface area contributed by atoms with Gasteiger partial charge < -0.3 is 15.2 Å². The number of alkyl carbamates (subject to hydrolysis) is 1. The van der Waals surface area contributed by atoms with Crippen molar-refractivity contribution in [2.24, 2.45) is 11.8 Å². The van der Waals surface area contributed by atoms with Crippen molar-refractivity contribution in [1.29, 1.82) is 0 Å². The summed E-state index contributed by atoms with van der Waals surface area (Å²) in [6, 6.07) is 15.5. The van der Waals surface area contributed by atoms with E-state index >= 15 is 0 Å². The Morgan fingerprint density at radius 2 is 1.58 bits per heavy atom. The SMILES string of the molecule is CCC(C)C(CN(CC(=O)O)S(=O)(=O)CC(C)C)NC(=O)OCC1c2ccccc2-c2ccccc21. The van der Waals surface area contributed by atoms with Crippen LogP contribution in [0.25, 0.3) is 11.1 Å². The number of benzene rings is 2. The molecule has 1 aliphatic rings. The molecule has 2 aromatic rings. The minimum atomic E-state index is -3.82. The number of carbonyl (C=O) groups is 2. The summed E-state index contributed by atoms with van der Waals surface area (Å²) in [6.45, 7) is 6.69. The fraction of sp³-hybridized carbons (Fsp3) is 0.481. The lowest BCUT2D eigenvalue weighted by Gasteiger charge is -2.30. The predicted octanol–water partition coefficient (Wildman–Crippen LogP) is 4.31. The molecule has 0 spiro atoms. The van der Waals surface area contributed by atoms with Gasteiger partial charge in [0.25, 0.3) is 0 Å². The topological polar surface area (TPSA) is 113 Å². The molecule has 2 aromatic carbocycles. The first-order valence-electron chi connectivity index (χ1n) is 12.3. The van der Waals surface area contributed by atoms with Gasteiger partial charge in [-0.15, -0.1) is 0 Å². The number of sulfonamides is 1. The van der Waals surface area contributed by atoms with Gasteiger partial charge in [0.15, 0.2) is 0 Å². The maximum Gasteiger partial charge on any atom is 0.407 e. The van der Waals surface area contributed by atoms with Gasteiger partial charge >= 0.3 is 12.1 Å². The molecule has 1 amide bonds. The third kappa shape index (κ3) is 6.64. The fourth-order valence-corrected chi connectivity index (χ4v) is 6.37. The Morgan fingerprint density at radius 3 is 2.08 bits per heavy atom. The molecule has 2 N–H and O–H groups in total. The molecule has 0 bridgehead atoms. The number of carbonyl (C=O) groups excluding carboxylic acids is 1. The first kappa shape index (κ1) is 27.7. The highest BCUT2D eigenvalue weighted by molar-refractivity contribution is 7.89. The van der Waals surface area contributed by atoms with Crippen molar-refractivity contribution in [2.75, 3.05) is 25.4 Å². The number of aliphatic carboxylic acids is 1. The summed E-state index contributed by atoms with van der Waals surface area (Å²) in [5.41, 5.74) is 4.44. The molecule has 8 nitrogen and oxygen atoms in total. The van der Waals surface area contributed by atoms with Crippen LogP contribution < -0.4 is 5.32 Å². The van der Waals surface area contributed by atoms with Gasteiger partial charge in [0.2, 0.25) is 10.0 Å². The van der Waals surface area contributed by atoms with Crippen LogP contribution in [-0.4, -0.2) is 61.4 Å². The molecular formula is C27H36N2O6S. The van der Waals surface area contributed by atoms with Crippen molar-refractivity contribution in [2.45, 2.75) is 46.1 Å². The van der Waals surface area contributed by atoms with Crippen LogP contribution in [0, 0.1) is 11.8 Å². The van der Waals surface area contributed by atoms with Crippen LogP contribution in [0.15, 0.2) is 48.5 Å². The Labute approximate surface area is 213 Å². The summed E-state index contributed by atoms with van der Waals surface area (Å²) in [6.07, 6.45) is 0.0121. The number of hydrogen-bond donors (Lipinski definition) is 2. The molecule has 0 saturated carbocycles. The van der Waals surface area contributed by atoms with Crippen LogP contribution in [0.4, 0.5) is 4.79 Å². The summed E-state index contributed by atoms with van der Waals surface area (Å²) in [5, 5.41) is 12.1. The lowest BCUT2D eigenvalue weighted by Crippen LogP contribution is -2.51. The predicted molar refractivity (Wildman–Crippen MR) is 139 cm³/mol. The Morgan fingerprint density at radius 1 is 1.03 bits per heavy atom. The van der Waals surface area contributed by atoms with E-state index in [1.165, 1.54) is 0 Å². The zero-order chi connectivity index (χ0) is 26.5. The zero-order valence-electron chi connectivity index (χ0n) is 21.3. The smallest absolute Gasteiger partial charge is 0.407 e. The van der Waals surface area contributed by atoms with Gasteiger partial charge in [-0.1, -0.05) is 82.6 Å². The van der Waals surface area contributed by atoms with Crippen LogP contribution in [-0.2, 0) is 19.6 Å². The summed E-state index contributed by atoms with van der Waals surface area (Å²) < 4.78 is 32.3. The molecular weight excluding hydrogens is 480 g/mol. The number of carboxylic acids is 1. The van der Waals surface area contributed by atoms with Gasteiger partial charge in [-0.25, -0.2) is 13.2 Å². The van der Waals surface area contributed by atoms with E-state index in [0.29, 0.717) is 6.42 Å². The number of nitrogens with zero attached hydrogens (tertiary/aromatic N) is 1. The lowest BCUT2D eigenvalue weighted by atomic mass is 9.98. The molecule has 36 heavy (non-hydrogen) atoms. The normalized spacial score (nSPS) is 14.8. The second-order valence-corrected chi connectivity index (χ2v) is 11.8. The molecule has 0 heterocycles. The van der Waals surface area contributed by atoms with Gasteiger partial charge in [0.05, 0.1) is 5.75 Å². The van der Waals surface area contributed by atoms with E-state index < -0.39 is 34.7 Å². The second kappa shape index (κ2) is 11.9. The van der Waals surface area contributed by atoms with Crippen molar-refractivity contribution in [3.8, 4) is 11.1 Å². The van der Waals surface area contributed by atoms with E-state index in [9.17, 15) is 23.1 Å². The number of nitrogens with one attached hydrogen (secondary N) is 1. The molecule has 0 aliphatic heterocycles. The first-order chi connectivity index (χ1) is 17.0. The summed E-state index contributed by atoms with van der Waals surface area (Å²) >= 11 is 0. The molecule has 9 heteroatoms. The van der Waals surface area contributed by atoms with Gasteiger partial charge in [-0.05, 0) is 34.1 Å². The minimum absolute atomic E-state index is 0.0971. The van der Waals surface area contributed by atoms with Gasteiger partial charge in [-0.3, -0.25) is 4.79 Å². The molecule has 3 rings (SSSR count).